The molecule has 0 atom stereocenters. The summed E-state index contributed by atoms with van der Waals surface area (Å²) in [6.45, 7) is 3.83. The van der Waals surface area contributed by atoms with Gasteiger partial charge in [0.1, 0.15) is 5.75 Å². The number of carbonyl (C=O) groups excluding carboxylic acids is 1. The molecule has 4 rings (SSSR count). The van der Waals surface area contributed by atoms with Crippen molar-refractivity contribution in [1.29, 1.82) is 0 Å². The van der Waals surface area contributed by atoms with E-state index in [9.17, 15) is 4.79 Å². The highest BCUT2D eigenvalue weighted by Crippen LogP contribution is 2.35. The van der Waals surface area contributed by atoms with Gasteiger partial charge in [-0.2, -0.15) is 0 Å². The van der Waals surface area contributed by atoms with Crippen molar-refractivity contribution in [3.05, 3.63) is 120 Å². The van der Waals surface area contributed by atoms with Crippen LogP contribution in [0, 0.1) is 0 Å². The number of hydrogen-bond donors (Lipinski definition) is 0. The van der Waals surface area contributed by atoms with Crippen LogP contribution in [-0.4, -0.2) is 12.9 Å². The first-order chi connectivity index (χ1) is 14.7. The number of carbonyl (C=O) groups is 1. The molecule has 0 bridgehead atoms. The fourth-order valence-corrected chi connectivity index (χ4v) is 3.52. The Balaban J connectivity index is 1.87. The maximum atomic E-state index is 13.0. The van der Waals surface area contributed by atoms with Crippen molar-refractivity contribution < 1.29 is 9.53 Å². The van der Waals surface area contributed by atoms with Crippen LogP contribution < -0.4 is 4.74 Å². The van der Waals surface area contributed by atoms with Gasteiger partial charge in [-0.05, 0) is 46.0 Å². The number of ether oxygens (including phenoxy) is 1. The van der Waals surface area contributed by atoms with Gasteiger partial charge >= 0.3 is 0 Å². The largest absolute Gasteiger partial charge is 0.497 e. The summed E-state index contributed by atoms with van der Waals surface area (Å²) in [6, 6.07) is 31.4. The standard InChI is InChI=1S/C28H22O2/c1-3-20-12-14-21(15-13-20)27-19-24(28(29)22-8-5-4-6-9-22)16-17-26(27)23-10-7-11-25(18-23)30-2/h3-19H,1H2,2H3. The first-order valence-electron chi connectivity index (χ1n) is 9.80. The van der Waals surface area contributed by atoms with E-state index >= 15 is 0 Å². The summed E-state index contributed by atoms with van der Waals surface area (Å²) in [5.41, 5.74) is 6.52. The van der Waals surface area contributed by atoms with E-state index in [1.165, 1.54) is 0 Å². The van der Waals surface area contributed by atoms with E-state index in [0.717, 1.165) is 33.6 Å². The lowest BCUT2D eigenvalue weighted by Gasteiger charge is -2.14. The quantitative estimate of drug-likeness (QED) is 0.335. The normalized spacial score (nSPS) is 10.4. The van der Waals surface area contributed by atoms with E-state index in [4.69, 9.17) is 4.74 Å². The minimum Gasteiger partial charge on any atom is -0.497 e. The molecule has 0 fully saturated rings. The molecule has 0 saturated heterocycles. The highest BCUT2D eigenvalue weighted by Gasteiger charge is 2.14. The van der Waals surface area contributed by atoms with Crippen LogP contribution in [-0.2, 0) is 0 Å². The van der Waals surface area contributed by atoms with Gasteiger partial charge in [0.2, 0.25) is 0 Å². The van der Waals surface area contributed by atoms with Gasteiger partial charge in [0.15, 0.2) is 5.78 Å². The van der Waals surface area contributed by atoms with E-state index in [1.807, 2.05) is 84.9 Å². The van der Waals surface area contributed by atoms with E-state index in [0.29, 0.717) is 11.1 Å². The van der Waals surface area contributed by atoms with Crippen LogP contribution in [0.1, 0.15) is 21.5 Å². The highest BCUT2D eigenvalue weighted by atomic mass is 16.5. The van der Waals surface area contributed by atoms with Crippen LogP contribution in [0.15, 0.2) is 104 Å². The molecule has 0 spiro atoms. The Hall–Kier alpha value is -3.91. The third-order valence-corrected chi connectivity index (χ3v) is 5.16. The second-order valence-electron chi connectivity index (χ2n) is 7.01. The zero-order valence-electron chi connectivity index (χ0n) is 16.8. The van der Waals surface area contributed by atoms with Crippen molar-refractivity contribution in [2.24, 2.45) is 0 Å². The van der Waals surface area contributed by atoms with Crippen LogP contribution in [0.3, 0.4) is 0 Å². The minimum atomic E-state index is 0.0109. The van der Waals surface area contributed by atoms with Crippen molar-refractivity contribution in [2.45, 2.75) is 0 Å². The molecule has 2 nitrogen and oxygen atoms in total. The molecule has 0 aliphatic carbocycles. The van der Waals surface area contributed by atoms with Crippen molar-refractivity contribution in [2.75, 3.05) is 7.11 Å². The molecule has 0 unspecified atom stereocenters. The summed E-state index contributed by atoms with van der Waals surface area (Å²) in [6.07, 6.45) is 1.82. The minimum absolute atomic E-state index is 0.0109. The number of hydrogen-bond acceptors (Lipinski definition) is 2. The molecule has 4 aromatic rings. The van der Waals surface area contributed by atoms with Gasteiger partial charge in [-0.1, -0.05) is 91.5 Å². The molecule has 0 aromatic heterocycles. The summed E-state index contributed by atoms with van der Waals surface area (Å²) < 4.78 is 5.41. The maximum Gasteiger partial charge on any atom is 0.193 e. The van der Waals surface area contributed by atoms with E-state index in [2.05, 4.69) is 24.8 Å². The van der Waals surface area contributed by atoms with E-state index in [-0.39, 0.29) is 5.78 Å². The van der Waals surface area contributed by atoms with Gasteiger partial charge in [0.25, 0.3) is 0 Å². The number of methoxy groups -OCH3 is 1. The molecular weight excluding hydrogens is 368 g/mol. The summed E-state index contributed by atoms with van der Waals surface area (Å²) in [5.74, 6) is 0.807. The molecule has 0 aliphatic rings. The summed E-state index contributed by atoms with van der Waals surface area (Å²) in [7, 11) is 1.66. The first-order valence-corrected chi connectivity index (χ1v) is 9.80. The lowest BCUT2D eigenvalue weighted by atomic mass is 9.90. The average Bonchev–Trinajstić information content (AvgIpc) is 2.84. The second kappa shape index (κ2) is 8.62. The van der Waals surface area contributed by atoms with Gasteiger partial charge in [-0.15, -0.1) is 0 Å². The Morgan fingerprint density at radius 2 is 1.50 bits per heavy atom. The molecular formula is C28H22O2. The van der Waals surface area contributed by atoms with E-state index < -0.39 is 0 Å². The van der Waals surface area contributed by atoms with Gasteiger partial charge in [-0.25, -0.2) is 0 Å². The topological polar surface area (TPSA) is 26.3 Å². The second-order valence-corrected chi connectivity index (χ2v) is 7.01. The average molecular weight is 390 g/mol. The van der Waals surface area contributed by atoms with Crippen molar-refractivity contribution in [3.63, 3.8) is 0 Å². The van der Waals surface area contributed by atoms with Gasteiger partial charge < -0.3 is 4.74 Å². The fraction of sp³-hybridized carbons (Fsp3) is 0.0357. The molecule has 2 heteroatoms. The fourth-order valence-electron chi connectivity index (χ4n) is 3.52. The Labute approximate surface area is 177 Å². The molecule has 30 heavy (non-hydrogen) atoms. The van der Waals surface area contributed by atoms with Gasteiger partial charge in [0.05, 0.1) is 7.11 Å². The smallest absolute Gasteiger partial charge is 0.193 e. The predicted molar refractivity (Wildman–Crippen MR) is 124 cm³/mol. The van der Waals surface area contributed by atoms with Crippen molar-refractivity contribution in [1.82, 2.24) is 0 Å². The molecule has 0 aliphatic heterocycles. The van der Waals surface area contributed by atoms with Crippen LogP contribution in [0.4, 0.5) is 0 Å². The molecule has 0 amide bonds. The van der Waals surface area contributed by atoms with E-state index in [1.54, 1.807) is 7.11 Å². The summed E-state index contributed by atoms with van der Waals surface area (Å²) in [5, 5.41) is 0. The third-order valence-electron chi connectivity index (χ3n) is 5.16. The molecule has 0 heterocycles. The first kappa shape index (κ1) is 19.4. The predicted octanol–water partition coefficient (Wildman–Crippen LogP) is 6.90. The Kier molecular flexibility index (Phi) is 5.58. The van der Waals surface area contributed by atoms with Crippen LogP contribution >= 0.6 is 0 Å². The number of rotatable bonds is 6. The lowest BCUT2D eigenvalue weighted by molar-refractivity contribution is 0.103. The molecule has 4 aromatic carbocycles. The number of benzene rings is 4. The SMILES string of the molecule is C=Cc1ccc(-c2cc(C(=O)c3ccccc3)ccc2-c2cccc(OC)c2)cc1. The van der Waals surface area contributed by atoms with Crippen molar-refractivity contribution >= 4 is 11.9 Å². The van der Waals surface area contributed by atoms with Crippen LogP contribution in [0.2, 0.25) is 0 Å². The molecule has 0 saturated carbocycles. The van der Waals surface area contributed by atoms with Crippen LogP contribution in [0.5, 0.6) is 5.75 Å². The zero-order valence-corrected chi connectivity index (χ0v) is 16.8. The number of ketones is 1. The third kappa shape index (κ3) is 3.94. The Morgan fingerprint density at radius 3 is 2.20 bits per heavy atom. The molecule has 0 radical (unpaired) electrons. The maximum absolute atomic E-state index is 13.0. The van der Waals surface area contributed by atoms with Crippen LogP contribution in [0.25, 0.3) is 28.3 Å². The molecule has 0 N–H and O–H groups in total. The Morgan fingerprint density at radius 1 is 0.733 bits per heavy atom. The summed E-state index contributed by atoms with van der Waals surface area (Å²) in [4.78, 5) is 13.0. The Bertz CT molecular complexity index is 1190. The van der Waals surface area contributed by atoms with Gasteiger partial charge in [-0.3, -0.25) is 4.79 Å². The lowest BCUT2D eigenvalue weighted by Crippen LogP contribution is -2.02. The zero-order chi connectivity index (χ0) is 20.9. The summed E-state index contributed by atoms with van der Waals surface area (Å²) >= 11 is 0. The highest BCUT2D eigenvalue weighted by molar-refractivity contribution is 6.10. The van der Waals surface area contributed by atoms with Gasteiger partial charge in [0, 0.05) is 11.1 Å². The van der Waals surface area contributed by atoms with Crippen molar-refractivity contribution in [3.8, 4) is 28.0 Å². The molecule has 146 valence electrons. The monoisotopic (exact) mass is 390 g/mol.